The van der Waals surface area contributed by atoms with Crippen LogP contribution in [0.1, 0.15) is 29.9 Å². The molecule has 4 aromatic rings. The number of nitrogen functional groups attached to an aromatic ring is 1. The van der Waals surface area contributed by atoms with Gasteiger partial charge in [0.25, 0.3) is 5.95 Å². The third kappa shape index (κ3) is 5.59. The van der Waals surface area contributed by atoms with Crippen LogP contribution in [-0.2, 0) is 4.79 Å². The SMILES string of the molecule is COc1cc(C(Nc2ccc(C(=N)N)c(OC(C)=O)c2)c2nn(-c3ncccn3)c(=O)[nH]2)ccc1OCF. The van der Waals surface area contributed by atoms with Crippen molar-refractivity contribution in [3.05, 3.63) is 82.3 Å². The first kappa shape index (κ1) is 25.8. The number of nitrogens with one attached hydrogen (secondary N) is 3. The number of alkyl halides is 1. The number of esters is 1. The van der Waals surface area contributed by atoms with Gasteiger partial charge in [-0.2, -0.15) is 0 Å². The van der Waals surface area contributed by atoms with Crippen molar-refractivity contribution in [3.63, 3.8) is 0 Å². The molecule has 0 saturated carbocycles. The van der Waals surface area contributed by atoms with E-state index < -0.39 is 24.6 Å². The molecule has 0 aliphatic carbocycles. The Morgan fingerprint density at radius 3 is 2.61 bits per heavy atom. The molecule has 5 N–H and O–H groups in total. The monoisotopic (exact) mass is 522 g/mol. The number of ether oxygens (including phenoxy) is 3. The molecule has 0 spiro atoms. The lowest BCUT2D eigenvalue weighted by Gasteiger charge is -2.20. The minimum Gasteiger partial charge on any atom is -0.493 e. The lowest BCUT2D eigenvalue weighted by molar-refractivity contribution is -0.131. The second-order valence-corrected chi connectivity index (χ2v) is 7.74. The summed E-state index contributed by atoms with van der Waals surface area (Å²) in [7, 11) is 1.40. The molecule has 2 aromatic heterocycles. The smallest absolute Gasteiger partial charge is 0.350 e. The number of anilines is 1. The van der Waals surface area contributed by atoms with Gasteiger partial charge in [0, 0.05) is 31.1 Å². The number of nitrogens with two attached hydrogens (primary N) is 1. The largest absolute Gasteiger partial charge is 0.493 e. The Morgan fingerprint density at radius 1 is 1.18 bits per heavy atom. The van der Waals surface area contributed by atoms with Crippen molar-refractivity contribution in [1.29, 1.82) is 5.41 Å². The van der Waals surface area contributed by atoms with Crippen molar-refractivity contribution in [2.24, 2.45) is 5.73 Å². The van der Waals surface area contributed by atoms with Crippen molar-refractivity contribution in [1.82, 2.24) is 24.7 Å². The molecule has 196 valence electrons. The second kappa shape index (κ2) is 11.2. The van der Waals surface area contributed by atoms with Crippen LogP contribution in [0, 0.1) is 5.41 Å². The number of carbonyl (C=O) groups excluding carboxylic acids is 1. The van der Waals surface area contributed by atoms with Gasteiger partial charge in [-0.3, -0.25) is 15.2 Å². The van der Waals surface area contributed by atoms with Gasteiger partial charge < -0.3 is 25.3 Å². The summed E-state index contributed by atoms with van der Waals surface area (Å²) in [5, 5.41) is 15.4. The third-order valence-electron chi connectivity index (χ3n) is 5.22. The number of aromatic amines is 1. The molecule has 0 amide bonds. The number of aromatic nitrogens is 5. The first-order valence-electron chi connectivity index (χ1n) is 11.1. The number of nitrogens with zero attached hydrogens (tertiary/aromatic N) is 4. The summed E-state index contributed by atoms with van der Waals surface area (Å²) < 4.78 is 29.4. The molecule has 14 heteroatoms. The van der Waals surface area contributed by atoms with Crippen LogP contribution in [0.5, 0.6) is 17.2 Å². The van der Waals surface area contributed by atoms with E-state index in [0.717, 1.165) is 4.68 Å². The number of carbonyl (C=O) groups is 1. The Hall–Kier alpha value is -5.27. The molecule has 1 unspecified atom stereocenters. The van der Waals surface area contributed by atoms with Crippen LogP contribution in [0.3, 0.4) is 0 Å². The van der Waals surface area contributed by atoms with Crippen molar-refractivity contribution in [2.75, 3.05) is 19.3 Å². The van der Waals surface area contributed by atoms with Gasteiger partial charge in [0.1, 0.15) is 17.6 Å². The summed E-state index contributed by atoms with van der Waals surface area (Å²) in [4.78, 5) is 35.2. The highest BCUT2D eigenvalue weighted by Crippen LogP contribution is 2.34. The molecule has 1 atom stereocenters. The number of H-pyrrole nitrogens is 1. The number of hydrogen-bond acceptors (Lipinski definition) is 10. The standard InChI is InChI=1S/C24H23FN8O5/c1-13(34)38-18-11-15(5-6-16(18)21(26)27)30-20(14-4-7-17(37-12-25)19(10-14)36-2)22-31-24(35)33(32-22)23-28-8-3-9-29-23/h3-11,20,30H,12H2,1-2H3,(H3,26,27)(H,31,32,35). The summed E-state index contributed by atoms with van der Waals surface area (Å²) in [6, 6.07) is 10.1. The van der Waals surface area contributed by atoms with Crippen LogP contribution in [0.4, 0.5) is 10.1 Å². The van der Waals surface area contributed by atoms with E-state index in [4.69, 9.17) is 25.4 Å². The van der Waals surface area contributed by atoms with Gasteiger partial charge in [-0.15, -0.1) is 9.78 Å². The first-order valence-corrected chi connectivity index (χ1v) is 11.1. The lowest BCUT2D eigenvalue weighted by atomic mass is 10.0. The normalized spacial score (nSPS) is 11.4. The minimum absolute atomic E-state index is 0.0611. The molecule has 2 heterocycles. The van der Waals surface area contributed by atoms with E-state index in [1.165, 1.54) is 44.6 Å². The fourth-order valence-electron chi connectivity index (χ4n) is 3.60. The molecule has 0 saturated heterocycles. The molecule has 0 aliphatic heterocycles. The maximum absolute atomic E-state index is 12.8. The maximum atomic E-state index is 12.8. The van der Waals surface area contributed by atoms with E-state index in [0.29, 0.717) is 11.3 Å². The van der Waals surface area contributed by atoms with E-state index in [-0.39, 0.29) is 40.4 Å². The fraction of sp³-hybridized carbons (Fsp3) is 0.167. The minimum atomic E-state index is -1.05. The Bertz CT molecular complexity index is 1520. The van der Waals surface area contributed by atoms with Gasteiger partial charge in [0.15, 0.2) is 17.3 Å². The molecule has 4 rings (SSSR count). The molecule has 0 bridgehead atoms. The fourth-order valence-corrected chi connectivity index (χ4v) is 3.60. The van der Waals surface area contributed by atoms with Crippen LogP contribution >= 0.6 is 0 Å². The predicted molar refractivity (Wildman–Crippen MR) is 134 cm³/mol. The van der Waals surface area contributed by atoms with Crippen molar-refractivity contribution in [2.45, 2.75) is 13.0 Å². The zero-order valence-corrected chi connectivity index (χ0v) is 20.3. The van der Waals surface area contributed by atoms with Crippen LogP contribution in [-0.4, -0.2) is 50.5 Å². The molecule has 0 radical (unpaired) electrons. The van der Waals surface area contributed by atoms with Gasteiger partial charge in [-0.05, 0) is 35.9 Å². The van der Waals surface area contributed by atoms with E-state index in [9.17, 15) is 14.0 Å². The number of methoxy groups -OCH3 is 1. The summed E-state index contributed by atoms with van der Waals surface area (Å²) >= 11 is 0. The van der Waals surface area contributed by atoms with Crippen molar-refractivity contribution >= 4 is 17.5 Å². The predicted octanol–water partition coefficient (Wildman–Crippen LogP) is 2.08. The molecule has 2 aromatic carbocycles. The van der Waals surface area contributed by atoms with Gasteiger partial charge in [0.2, 0.25) is 6.86 Å². The Labute approximate surface area is 214 Å². The zero-order valence-electron chi connectivity index (χ0n) is 20.3. The summed E-state index contributed by atoms with van der Waals surface area (Å²) in [6.07, 6.45) is 2.95. The molecular formula is C24H23FN8O5. The first-order chi connectivity index (χ1) is 18.3. The van der Waals surface area contributed by atoms with Crippen LogP contribution in [0.25, 0.3) is 5.95 Å². The van der Waals surface area contributed by atoms with E-state index in [1.54, 1.807) is 24.3 Å². The molecule has 0 aliphatic rings. The van der Waals surface area contributed by atoms with Crippen LogP contribution in [0.2, 0.25) is 0 Å². The Balaban J connectivity index is 1.82. The number of hydrogen-bond donors (Lipinski definition) is 4. The van der Waals surface area contributed by atoms with E-state index in [2.05, 4.69) is 25.4 Å². The topological polar surface area (TPSA) is 183 Å². The summed E-state index contributed by atoms with van der Waals surface area (Å²) in [5.41, 5.74) is 6.24. The Morgan fingerprint density at radius 2 is 1.95 bits per heavy atom. The molecule has 13 nitrogen and oxygen atoms in total. The average molecular weight is 522 g/mol. The zero-order chi connectivity index (χ0) is 27.2. The summed E-state index contributed by atoms with van der Waals surface area (Å²) in [6.45, 7) is 0.177. The Kier molecular flexibility index (Phi) is 7.61. The van der Waals surface area contributed by atoms with E-state index in [1.807, 2.05) is 0 Å². The van der Waals surface area contributed by atoms with Crippen molar-refractivity contribution < 1.29 is 23.4 Å². The van der Waals surface area contributed by atoms with Gasteiger partial charge in [0.05, 0.1) is 12.7 Å². The van der Waals surface area contributed by atoms with Crippen LogP contribution in [0.15, 0.2) is 59.7 Å². The van der Waals surface area contributed by atoms with Crippen molar-refractivity contribution in [3.8, 4) is 23.2 Å². The highest BCUT2D eigenvalue weighted by Gasteiger charge is 2.23. The van der Waals surface area contributed by atoms with Crippen LogP contribution < -0.4 is 31.0 Å². The number of rotatable bonds is 10. The third-order valence-corrected chi connectivity index (χ3v) is 5.22. The number of halogens is 1. The summed E-state index contributed by atoms with van der Waals surface area (Å²) in [5.74, 6) is -0.164. The maximum Gasteiger partial charge on any atom is 0.350 e. The van der Waals surface area contributed by atoms with Gasteiger partial charge in [-0.1, -0.05) is 6.07 Å². The van der Waals surface area contributed by atoms with E-state index >= 15 is 0 Å². The highest BCUT2D eigenvalue weighted by atomic mass is 19.1. The highest BCUT2D eigenvalue weighted by molar-refractivity contribution is 5.98. The average Bonchev–Trinajstić information content (AvgIpc) is 3.29. The molecular weight excluding hydrogens is 499 g/mol. The number of benzene rings is 2. The quantitative estimate of drug-likeness (QED) is 0.104. The molecule has 38 heavy (non-hydrogen) atoms. The molecule has 0 fully saturated rings. The lowest BCUT2D eigenvalue weighted by Crippen LogP contribution is -2.18. The second-order valence-electron chi connectivity index (χ2n) is 7.74. The number of amidine groups is 1. The van der Waals surface area contributed by atoms with Gasteiger partial charge in [-0.25, -0.2) is 19.2 Å². The van der Waals surface area contributed by atoms with Gasteiger partial charge >= 0.3 is 11.7 Å².